The molecule has 138 valence electrons. The summed E-state index contributed by atoms with van der Waals surface area (Å²) in [7, 11) is 0. The number of aryl methyl sites for hydroxylation is 3. The summed E-state index contributed by atoms with van der Waals surface area (Å²) in [5.41, 5.74) is 3.61. The maximum absolute atomic E-state index is 12.9. The minimum absolute atomic E-state index is 0.111. The van der Waals surface area contributed by atoms with E-state index in [0.717, 1.165) is 41.2 Å². The number of carbonyl (C=O) groups excluding carboxylic acids is 1. The third-order valence-electron chi connectivity index (χ3n) is 4.79. The molecule has 0 aliphatic carbocycles. The standard InChI is InChI=1S/C19H20N6O2/c1-11-18(12(2)27-24-11)16-10-15(21-13(3)22-16)17-7-5-9-25(17)19(26)14-6-4-8-20-23-14/h4,6,8,10,17H,5,7,9H2,1-3H3/t17-/m1/s1. The molecule has 0 bridgehead atoms. The van der Waals surface area contributed by atoms with Gasteiger partial charge in [0.25, 0.3) is 5.91 Å². The molecule has 0 N–H and O–H groups in total. The third-order valence-corrected chi connectivity index (χ3v) is 4.79. The number of aromatic nitrogens is 5. The summed E-state index contributed by atoms with van der Waals surface area (Å²) in [5, 5.41) is 11.8. The third kappa shape index (κ3) is 3.18. The summed E-state index contributed by atoms with van der Waals surface area (Å²) in [5.74, 6) is 1.25. The lowest BCUT2D eigenvalue weighted by atomic mass is 10.1. The molecular weight excluding hydrogens is 344 g/mol. The Labute approximate surface area is 156 Å². The van der Waals surface area contributed by atoms with Gasteiger partial charge in [-0.1, -0.05) is 5.16 Å². The normalized spacial score (nSPS) is 16.7. The van der Waals surface area contributed by atoms with Gasteiger partial charge in [-0.2, -0.15) is 5.10 Å². The lowest BCUT2D eigenvalue weighted by molar-refractivity contribution is 0.0725. The zero-order valence-corrected chi connectivity index (χ0v) is 15.5. The van der Waals surface area contributed by atoms with E-state index in [9.17, 15) is 4.79 Å². The summed E-state index contributed by atoms with van der Waals surface area (Å²) in [4.78, 5) is 23.9. The van der Waals surface area contributed by atoms with Crippen LogP contribution >= 0.6 is 0 Å². The maximum atomic E-state index is 12.9. The maximum Gasteiger partial charge on any atom is 0.274 e. The van der Waals surface area contributed by atoms with Crippen molar-refractivity contribution in [2.45, 2.75) is 39.7 Å². The molecule has 3 aromatic heterocycles. The highest BCUT2D eigenvalue weighted by atomic mass is 16.5. The molecule has 8 heteroatoms. The molecule has 3 aromatic rings. The number of hydrogen-bond donors (Lipinski definition) is 0. The van der Waals surface area contributed by atoms with Gasteiger partial charge in [-0.25, -0.2) is 9.97 Å². The van der Waals surface area contributed by atoms with Crippen LogP contribution in [0.2, 0.25) is 0 Å². The van der Waals surface area contributed by atoms with Crippen LogP contribution in [0.4, 0.5) is 0 Å². The highest BCUT2D eigenvalue weighted by Crippen LogP contribution is 2.34. The summed E-state index contributed by atoms with van der Waals surface area (Å²) in [6.45, 7) is 6.28. The van der Waals surface area contributed by atoms with Crippen LogP contribution in [0, 0.1) is 20.8 Å². The van der Waals surface area contributed by atoms with E-state index < -0.39 is 0 Å². The molecule has 0 unspecified atom stereocenters. The first-order valence-corrected chi connectivity index (χ1v) is 8.92. The lowest BCUT2D eigenvalue weighted by Gasteiger charge is -2.24. The van der Waals surface area contributed by atoms with E-state index in [1.807, 2.05) is 31.7 Å². The van der Waals surface area contributed by atoms with Gasteiger partial charge in [0.05, 0.1) is 28.7 Å². The zero-order chi connectivity index (χ0) is 19.0. The van der Waals surface area contributed by atoms with E-state index in [1.54, 1.807) is 18.3 Å². The Bertz CT molecular complexity index is 966. The Hall–Kier alpha value is -3.16. The smallest absolute Gasteiger partial charge is 0.274 e. The fourth-order valence-corrected chi connectivity index (χ4v) is 3.62. The van der Waals surface area contributed by atoms with Crippen molar-refractivity contribution in [3.63, 3.8) is 0 Å². The number of amides is 1. The molecule has 4 rings (SSSR count). The van der Waals surface area contributed by atoms with Crippen LogP contribution in [0.25, 0.3) is 11.3 Å². The topological polar surface area (TPSA) is 97.9 Å². The molecule has 0 spiro atoms. The van der Waals surface area contributed by atoms with Gasteiger partial charge in [-0.05, 0) is 51.8 Å². The van der Waals surface area contributed by atoms with Crippen molar-refractivity contribution >= 4 is 5.91 Å². The molecular formula is C19H20N6O2. The first-order valence-electron chi connectivity index (χ1n) is 8.92. The fourth-order valence-electron chi connectivity index (χ4n) is 3.62. The van der Waals surface area contributed by atoms with Crippen molar-refractivity contribution in [3.05, 3.63) is 53.1 Å². The molecule has 4 heterocycles. The van der Waals surface area contributed by atoms with Gasteiger partial charge in [0.2, 0.25) is 0 Å². The van der Waals surface area contributed by atoms with Crippen molar-refractivity contribution < 1.29 is 9.32 Å². The predicted molar refractivity (Wildman–Crippen MR) is 96.8 cm³/mol. The molecule has 1 atom stereocenters. The molecule has 0 radical (unpaired) electrons. The van der Waals surface area contributed by atoms with E-state index in [-0.39, 0.29) is 11.9 Å². The second-order valence-electron chi connectivity index (χ2n) is 6.69. The molecule has 1 aliphatic heterocycles. The second kappa shape index (κ2) is 6.86. The Morgan fingerprint density at radius 2 is 2.11 bits per heavy atom. The molecule has 27 heavy (non-hydrogen) atoms. The van der Waals surface area contributed by atoms with Crippen molar-refractivity contribution in [1.82, 2.24) is 30.2 Å². The van der Waals surface area contributed by atoms with Gasteiger partial charge in [-0.3, -0.25) is 4.79 Å². The van der Waals surface area contributed by atoms with E-state index in [2.05, 4.69) is 25.3 Å². The SMILES string of the molecule is Cc1nc(-c2c(C)noc2C)cc([C@H]2CCCN2C(=O)c2cccnn2)n1. The summed E-state index contributed by atoms with van der Waals surface area (Å²) >= 11 is 0. The Balaban J connectivity index is 1.71. The van der Waals surface area contributed by atoms with Crippen LogP contribution in [0.1, 0.15) is 52.3 Å². The molecule has 1 fully saturated rings. The van der Waals surface area contributed by atoms with Crippen molar-refractivity contribution in [2.24, 2.45) is 0 Å². The number of nitrogens with zero attached hydrogens (tertiary/aromatic N) is 6. The van der Waals surface area contributed by atoms with Gasteiger partial charge in [0.1, 0.15) is 11.6 Å². The average Bonchev–Trinajstić information content (AvgIpc) is 3.28. The van der Waals surface area contributed by atoms with Crippen molar-refractivity contribution in [1.29, 1.82) is 0 Å². The van der Waals surface area contributed by atoms with E-state index in [4.69, 9.17) is 4.52 Å². The minimum atomic E-state index is -0.124. The van der Waals surface area contributed by atoms with Crippen molar-refractivity contribution in [2.75, 3.05) is 6.54 Å². The molecule has 1 saturated heterocycles. The highest BCUT2D eigenvalue weighted by Gasteiger charge is 2.33. The highest BCUT2D eigenvalue weighted by molar-refractivity contribution is 5.92. The fraction of sp³-hybridized carbons (Fsp3) is 0.368. The molecule has 1 aliphatic rings. The molecule has 0 saturated carbocycles. The van der Waals surface area contributed by atoms with Gasteiger partial charge in [-0.15, -0.1) is 5.10 Å². The van der Waals surface area contributed by atoms with E-state index >= 15 is 0 Å². The number of rotatable bonds is 3. The van der Waals surface area contributed by atoms with Crippen molar-refractivity contribution in [3.8, 4) is 11.3 Å². The van der Waals surface area contributed by atoms with Crippen LogP contribution in [-0.4, -0.2) is 42.7 Å². The molecule has 8 nitrogen and oxygen atoms in total. The summed E-state index contributed by atoms with van der Waals surface area (Å²) in [6.07, 6.45) is 3.33. The van der Waals surface area contributed by atoms with Gasteiger partial charge in [0, 0.05) is 12.7 Å². The number of hydrogen-bond acceptors (Lipinski definition) is 7. The van der Waals surface area contributed by atoms with Crippen LogP contribution < -0.4 is 0 Å². The van der Waals surface area contributed by atoms with Gasteiger partial charge < -0.3 is 9.42 Å². The zero-order valence-electron chi connectivity index (χ0n) is 15.5. The van der Waals surface area contributed by atoms with Gasteiger partial charge in [0.15, 0.2) is 5.69 Å². The van der Waals surface area contributed by atoms with Crippen LogP contribution in [0.5, 0.6) is 0 Å². The van der Waals surface area contributed by atoms with Crippen LogP contribution in [-0.2, 0) is 0 Å². The Kier molecular flexibility index (Phi) is 4.39. The largest absolute Gasteiger partial charge is 0.361 e. The van der Waals surface area contributed by atoms with E-state index in [0.29, 0.717) is 18.1 Å². The average molecular weight is 364 g/mol. The molecule has 1 amide bonds. The Morgan fingerprint density at radius 1 is 1.26 bits per heavy atom. The first kappa shape index (κ1) is 17.3. The quantitative estimate of drug-likeness (QED) is 0.705. The second-order valence-corrected chi connectivity index (χ2v) is 6.69. The number of carbonyl (C=O) groups is 1. The Morgan fingerprint density at radius 3 is 2.81 bits per heavy atom. The number of likely N-dealkylation sites (tertiary alicyclic amines) is 1. The lowest BCUT2D eigenvalue weighted by Crippen LogP contribution is -2.32. The van der Waals surface area contributed by atoms with Crippen LogP contribution in [0.3, 0.4) is 0 Å². The predicted octanol–water partition coefficient (Wildman–Crippen LogP) is 2.82. The molecule has 0 aromatic carbocycles. The summed E-state index contributed by atoms with van der Waals surface area (Å²) < 4.78 is 5.28. The van der Waals surface area contributed by atoms with E-state index in [1.165, 1.54) is 0 Å². The first-order chi connectivity index (χ1) is 13.0. The van der Waals surface area contributed by atoms with Gasteiger partial charge >= 0.3 is 0 Å². The monoisotopic (exact) mass is 364 g/mol. The minimum Gasteiger partial charge on any atom is -0.361 e. The summed E-state index contributed by atoms with van der Waals surface area (Å²) in [6, 6.07) is 5.23. The van der Waals surface area contributed by atoms with Crippen LogP contribution in [0.15, 0.2) is 28.9 Å².